The van der Waals surface area contributed by atoms with Crippen molar-refractivity contribution in [2.75, 3.05) is 0 Å². The van der Waals surface area contributed by atoms with Gasteiger partial charge in [-0.25, -0.2) is 4.79 Å². The number of hydrogen-bond donors (Lipinski definition) is 1. The Labute approximate surface area is 202 Å². The van der Waals surface area contributed by atoms with Crippen LogP contribution in [0.3, 0.4) is 0 Å². The number of amides is 1. The summed E-state index contributed by atoms with van der Waals surface area (Å²) in [7, 11) is 0. The van der Waals surface area contributed by atoms with Gasteiger partial charge in [-0.15, -0.1) is 0 Å². The molecule has 0 saturated heterocycles. The first-order chi connectivity index (χ1) is 15.2. The molecular formula is C21H18Cl3F3N2O4. The molecule has 0 aromatic heterocycles. The van der Waals surface area contributed by atoms with Gasteiger partial charge in [-0.2, -0.15) is 18.7 Å². The van der Waals surface area contributed by atoms with Crippen LogP contribution in [0.25, 0.3) is 0 Å². The third kappa shape index (κ3) is 5.77. The van der Waals surface area contributed by atoms with Crippen LogP contribution < -0.4 is 10.3 Å². The van der Waals surface area contributed by atoms with Gasteiger partial charge >= 0.3 is 12.3 Å². The van der Waals surface area contributed by atoms with E-state index in [0.717, 1.165) is 12.1 Å². The first kappa shape index (κ1) is 25.3. The monoisotopic (exact) mass is 524 g/mol. The van der Waals surface area contributed by atoms with Gasteiger partial charge in [-0.05, 0) is 51.1 Å². The Bertz CT molecular complexity index is 1080. The van der Waals surface area contributed by atoms with Crippen LogP contribution >= 0.6 is 34.8 Å². The van der Waals surface area contributed by atoms with E-state index < -0.39 is 29.9 Å². The molecule has 33 heavy (non-hydrogen) atoms. The molecule has 2 aromatic rings. The van der Waals surface area contributed by atoms with E-state index in [4.69, 9.17) is 49.2 Å². The van der Waals surface area contributed by atoms with Crippen molar-refractivity contribution in [1.29, 1.82) is 0 Å². The Morgan fingerprint density at radius 3 is 2.30 bits per heavy atom. The average molecular weight is 526 g/mol. The number of nitrogens with zero attached hydrogens (tertiary/aromatic N) is 1. The summed E-state index contributed by atoms with van der Waals surface area (Å²) >= 11 is 17.9. The van der Waals surface area contributed by atoms with E-state index in [2.05, 4.69) is 10.6 Å². The highest BCUT2D eigenvalue weighted by Gasteiger charge is 2.62. The predicted octanol–water partition coefficient (Wildman–Crippen LogP) is 7.05. The smallest absolute Gasteiger partial charge is 0.441 e. The standard InChI is InChI=1S/C21H18Cl3F3N2O4/c1-19(2,3)31-18(30)29-32-17-6-11(4-5-15(17)24)16-10-20(33-28-16,21(25,26)27)12-7-13(22)9-14(23)8-12/h4-9H,10H2,1-3H3,(H,29,30). The highest BCUT2D eigenvalue weighted by molar-refractivity contribution is 6.34. The maximum absolute atomic E-state index is 14.2. The van der Waals surface area contributed by atoms with Gasteiger partial charge in [-0.1, -0.05) is 46.0 Å². The SMILES string of the molecule is CC(C)(C)OC(=O)NOc1cc(C2=NOC(c3cc(Cl)cc(Cl)c3)(C(F)(F)F)C2)ccc1Cl. The van der Waals surface area contributed by atoms with E-state index in [9.17, 15) is 18.0 Å². The fraction of sp³-hybridized carbons (Fsp3) is 0.333. The third-order valence-corrected chi connectivity index (χ3v) is 5.17. The van der Waals surface area contributed by atoms with Crippen LogP contribution in [0.5, 0.6) is 5.75 Å². The third-order valence-electron chi connectivity index (χ3n) is 4.42. The van der Waals surface area contributed by atoms with Crippen molar-refractivity contribution in [2.45, 2.75) is 44.6 Å². The summed E-state index contributed by atoms with van der Waals surface area (Å²) in [5, 5.41) is 3.82. The molecule has 0 fully saturated rings. The maximum Gasteiger partial charge on any atom is 0.441 e. The zero-order valence-electron chi connectivity index (χ0n) is 17.5. The van der Waals surface area contributed by atoms with E-state index >= 15 is 0 Å². The Morgan fingerprint density at radius 1 is 1.09 bits per heavy atom. The summed E-state index contributed by atoms with van der Waals surface area (Å²) in [6.45, 7) is 5.00. The predicted molar refractivity (Wildman–Crippen MR) is 118 cm³/mol. The lowest BCUT2D eigenvalue weighted by molar-refractivity contribution is -0.275. The van der Waals surface area contributed by atoms with E-state index in [-0.39, 0.29) is 37.7 Å². The molecule has 178 valence electrons. The number of ether oxygens (including phenoxy) is 1. The van der Waals surface area contributed by atoms with Gasteiger partial charge in [0.25, 0.3) is 5.60 Å². The molecule has 1 heterocycles. The van der Waals surface area contributed by atoms with Gasteiger partial charge in [0.05, 0.1) is 10.7 Å². The van der Waals surface area contributed by atoms with Crippen LogP contribution in [-0.2, 0) is 15.2 Å². The minimum absolute atomic E-state index is 0.0218. The molecule has 6 nitrogen and oxygen atoms in total. The zero-order valence-corrected chi connectivity index (χ0v) is 19.8. The number of hydrogen-bond acceptors (Lipinski definition) is 5. The second kappa shape index (κ2) is 9.12. The van der Waals surface area contributed by atoms with Crippen LogP contribution in [0.2, 0.25) is 15.1 Å². The number of nitrogens with one attached hydrogen (secondary N) is 1. The number of carbonyl (C=O) groups excluding carboxylic acids is 1. The van der Waals surface area contributed by atoms with Gasteiger partial charge < -0.3 is 14.4 Å². The Morgan fingerprint density at radius 2 is 1.73 bits per heavy atom. The summed E-state index contributed by atoms with van der Waals surface area (Å²) in [6, 6.07) is 7.71. The number of alkyl halides is 3. The molecule has 1 atom stereocenters. The van der Waals surface area contributed by atoms with Crippen molar-refractivity contribution < 1.29 is 32.4 Å². The molecule has 0 saturated carbocycles. The summed E-state index contributed by atoms with van der Waals surface area (Å²) < 4.78 is 47.5. The van der Waals surface area contributed by atoms with Gasteiger partial charge in [0.15, 0.2) is 5.75 Å². The lowest BCUT2D eigenvalue weighted by atomic mass is 9.86. The number of oxime groups is 1. The average Bonchev–Trinajstić information content (AvgIpc) is 3.12. The first-order valence-corrected chi connectivity index (χ1v) is 10.6. The fourth-order valence-corrected chi connectivity index (χ4v) is 3.68. The van der Waals surface area contributed by atoms with Crippen molar-refractivity contribution in [3.05, 3.63) is 62.6 Å². The highest BCUT2D eigenvalue weighted by Crippen LogP contribution is 2.50. The summed E-state index contributed by atoms with van der Waals surface area (Å²) in [5.74, 6) is -0.0296. The lowest BCUT2D eigenvalue weighted by Crippen LogP contribution is -2.42. The summed E-state index contributed by atoms with van der Waals surface area (Å²) in [4.78, 5) is 21.9. The number of benzene rings is 2. The molecule has 2 aromatic carbocycles. The topological polar surface area (TPSA) is 69.2 Å². The molecule has 0 bridgehead atoms. The van der Waals surface area contributed by atoms with E-state index in [1.54, 1.807) is 20.8 Å². The quantitative estimate of drug-likeness (QED) is 0.434. The van der Waals surface area contributed by atoms with E-state index in [0.29, 0.717) is 0 Å². The van der Waals surface area contributed by atoms with Crippen molar-refractivity contribution in [2.24, 2.45) is 5.16 Å². The fourth-order valence-electron chi connectivity index (χ4n) is 3.00. The second-order valence-corrected chi connectivity index (χ2v) is 9.42. The van der Waals surface area contributed by atoms with Crippen molar-refractivity contribution >= 4 is 46.6 Å². The van der Waals surface area contributed by atoms with Crippen LogP contribution in [0.15, 0.2) is 41.6 Å². The molecule has 1 aliphatic rings. The molecule has 0 aliphatic carbocycles. The van der Waals surface area contributed by atoms with Gasteiger partial charge in [0.1, 0.15) is 5.60 Å². The second-order valence-electron chi connectivity index (χ2n) is 8.14. The molecule has 0 spiro atoms. The Balaban J connectivity index is 1.86. The van der Waals surface area contributed by atoms with Crippen molar-refractivity contribution in [1.82, 2.24) is 5.48 Å². The van der Waals surface area contributed by atoms with Gasteiger partial charge in [-0.3, -0.25) is 0 Å². The molecule has 1 unspecified atom stereocenters. The zero-order chi connectivity index (χ0) is 24.6. The molecule has 0 radical (unpaired) electrons. The lowest BCUT2D eigenvalue weighted by Gasteiger charge is -2.29. The van der Waals surface area contributed by atoms with Crippen molar-refractivity contribution in [3.63, 3.8) is 0 Å². The summed E-state index contributed by atoms with van der Waals surface area (Å²) in [6.07, 6.45) is -6.37. The highest BCUT2D eigenvalue weighted by atomic mass is 35.5. The minimum Gasteiger partial charge on any atom is -0.442 e. The number of rotatable bonds is 4. The van der Waals surface area contributed by atoms with Crippen LogP contribution in [0, 0.1) is 0 Å². The van der Waals surface area contributed by atoms with E-state index in [1.165, 1.54) is 24.3 Å². The number of hydroxylamine groups is 1. The van der Waals surface area contributed by atoms with Crippen molar-refractivity contribution in [3.8, 4) is 5.75 Å². The molecule has 1 amide bonds. The number of halogens is 6. The minimum atomic E-state index is -4.84. The van der Waals surface area contributed by atoms with Crippen LogP contribution in [-0.4, -0.2) is 23.6 Å². The molecule has 3 rings (SSSR count). The van der Waals surface area contributed by atoms with Crippen LogP contribution in [0.4, 0.5) is 18.0 Å². The number of carbonyl (C=O) groups is 1. The Kier molecular flexibility index (Phi) is 6.98. The Hall–Kier alpha value is -2.36. The van der Waals surface area contributed by atoms with E-state index in [1.807, 2.05) is 0 Å². The van der Waals surface area contributed by atoms with Gasteiger partial charge in [0, 0.05) is 27.6 Å². The summed E-state index contributed by atoms with van der Waals surface area (Å²) in [5.41, 5.74) is -1.56. The molecule has 1 N–H and O–H groups in total. The first-order valence-electron chi connectivity index (χ1n) is 9.44. The molecular weight excluding hydrogens is 508 g/mol. The maximum atomic E-state index is 14.2. The normalized spacial score (nSPS) is 18.4. The molecule has 12 heteroatoms. The van der Waals surface area contributed by atoms with Crippen LogP contribution in [0.1, 0.15) is 38.3 Å². The largest absolute Gasteiger partial charge is 0.442 e. The molecule has 1 aliphatic heterocycles. The van der Waals surface area contributed by atoms with Gasteiger partial charge in [0.2, 0.25) is 0 Å².